The van der Waals surface area contributed by atoms with E-state index < -0.39 is 0 Å². The molecule has 3 amide bonds. The number of rotatable bonds is 6. The minimum atomic E-state index is -0.371. The number of carbonyl (C=O) groups is 3. The maximum absolute atomic E-state index is 13.3. The molecule has 0 spiro atoms. The van der Waals surface area contributed by atoms with Gasteiger partial charge in [-0.05, 0) is 43.2 Å². The highest BCUT2D eigenvalue weighted by atomic mass is 35.5. The molecule has 1 N–H and O–H groups in total. The molecule has 2 aromatic rings. The van der Waals surface area contributed by atoms with Gasteiger partial charge in [0.1, 0.15) is 0 Å². The number of benzene rings is 2. The average Bonchev–Trinajstić information content (AvgIpc) is 3.04. The van der Waals surface area contributed by atoms with Crippen LogP contribution in [0.2, 0.25) is 5.02 Å². The molecule has 1 unspecified atom stereocenters. The number of fused-ring (bicyclic) bond motifs is 1. The van der Waals surface area contributed by atoms with Gasteiger partial charge >= 0.3 is 0 Å². The fourth-order valence-corrected chi connectivity index (χ4v) is 4.40. The van der Waals surface area contributed by atoms with Crippen LogP contribution in [-0.2, 0) is 9.53 Å². The summed E-state index contributed by atoms with van der Waals surface area (Å²) in [5.74, 6) is -0.936. The third kappa shape index (κ3) is 4.16. The van der Waals surface area contributed by atoms with Crippen molar-refractivity contribution in [3.8, 4) is 0 Å². The second kappa shape index (κ2) is 9.08. The predicted octanol–water partition coefficient (Wildman–Crippen LogP) is 3.12. The third-order valence-electron chi connectivity index (χ3n) is 5.70. The first-order chi connectivity index (χ1) is 15.0. The maximum Gasteiger partial charge on any atom is 0.268 e. The Bertz CT molecular complexity index is 1030. The van der Waals surface area contributed by atoms with Crippen molar-refractivity contribution in [3.63, 3.8) is 0 Å². The highest BCUT2D eigenvalue weighted by Gasteiger charge is 2.40. The van der Waals surface area contributed by atoms with Crippen LogP contribution in [0.15, 0.2) is 42.5 Å². The summed E-state index contributed by atoms with van der Waals surface area (Å²) in [6.07, 6.45) is 1.61. The molecule has 0 bridgehead atoms. The largest absolute Gasteiger partial charge is 0.383 e. The molecule has 2 heterocycles. The smallest absolute Gasteiger partial charge is 0.268 e. The molecule has 7 nitrogen and oxygen atoms in total. The Morgan fingerprint density at radius 3 is 2.77 bits per heavy atom. The average molecular weight is 442 g/mol. The van der Waals surface area contributed by atoms with Gasteiger partial charge in [0, 0.05) is 31.8 Å². The van der Waals surface area contributed by atoms with Gasteiger partial charge in [-0.1, -0.05) is 23.7 Å². The number of nitrogens with zero attached hydrogens (tertiary/aromatic N) is 2. The monoisotopic (exact) mass is 441 g/mol. The van der Waals surface area contributed by atoms with Crippen molar-refractivity contribution in [2.75, 3.05) is 43.2 Å². The van der Waals surface area contributed by atoms with Gasteiger partial charge in [0.05, 0.1) is 35.0 Å². The number of hydrogen-bond acceptors (Lipinski definition) is 5. The van der Waals surface area contributed by atoms with Crippen molar-refractivity contribution < 1.29 is 19.1 Å². The van der Waals surface area contributed by atoms with Crippen LogP contribution in [0.4, 0.5) is 11.4 Å². The molecular weight excluding hydrogens is 418 g/mol. The molecule has 162 valence electrons. The Morgan fingerprint density at radius 1 is 1.19 bits per heavy atom. The van der Waals surface area contributed by atoms with E-state index in [1.807, 2.05) is 11.0 Å². The van der Waals surface area contributed by atoms with Gasteiger partial charge in [-0.2, -0.15) is 0 Å². The van der Waals surface area contributed by atoms with Crippen molar-refractivity contribution in [3.05, 3.63) is 58.6 Å². The first kappa shape index (κ1) is 21.3. The summed E-state index contributed by atoms with van der Waals surface area (Å²) in [5, 5.41) is 3.35. The molecule has 2 aromatic carbocycles. The van der Waals surface area contributed by atoms with Crippen LogP contribution in [0, 0.1) is 5.92 Å². The van der Waals surface area contributed by atoms with Gasteiger partial charge in [-0.25, -0.2) is 4.90 Å². The van der Waals surface area contributed by atoms with E-state index in [1.54, 1.807) is 43.5 Å². The summed E-state index contributed by atoms with van der Waals surface area (Å²) in [7, 11) is 1.59. The van der Waals surface area contributed by atoms with Gasteiger partial charge < -0.3 is 15.0 Å². The van der Waals surface area contributed by atoms with Gasteiger partial charge in [-0.15, -0.1) is 0 Å². The Balaban J connectivity index is 1.59. The minimum absolute atomic E-state index is 0.0164. The number of anilines is 2. The van der Waals surface area contributed by atoms with E-state index in [1.165, 1.54) is 4.90 Å². The summed E-state index contributed by atoms with van der Waals surface area (Å²) in [5.41, 5.74) is 1.88. The van der Waals surface area contributed by atoms with Crippen molar-refractivity contribution in [2.45, 2.75) is 12.8 Å². The zero-order chi connectivity index (χ0) is 22.0. The second-order valence-electron chi connectivity index (χ2n) is 7.69. The van der Waals surface area contributed by atoms with Gasteiger partial charge in [0.25, 0.3) is 11.8 Å². The number of piperidine rings is 1. The lowest BCUT2D eigenvalue weighted by atomic mass is 9.95. The normalized spacial score (nSPS) is 18.3. The van der Waals surface area contributed by atoms with E-state index in [-0.39, 0.29) is 23.6 Å². The number of carbonyl (C=O) groups excluding carboxylic acids is 3. The zero-order valence-electron chi connectivity index (χ0n) is 17.3. The van der Waals surface area contributed by atoms with Gasteiger partial charge in [0.2, 0.25) is 5.91 Å². The predicted molar refractivity (Wildman–Crippen MR) is 119 cm³/mol. The molecule has 0 radical (unpaired) electrons. The lowest BCUT2D eigenvalue weighted by Crippen LogP contribution is -2.44. The Morgan fingerprint density at radius 2 is 2.00 bits per heavy atom. The van der Waals surface area contributed by atoms with E-state index in [0.29, 0.717) is 47.2 Å². The molecule has 0 aliphatic carbocycles. The first-order valence-corrected chi connectivity index (χ1v) is 10.7. The summed E-state index contributed by atoms with van der Waals surface area (Å²) in [4.78, 5) is 42.1. The lowest BCUT2D eigenvalue weighted by Gasteiger charge is -2.34. The van der Waals surface area contributed by atoms with E-state index >= 15 is 0 Å². The third-order valence-corrected chi connectivity index (χ3v) is 5.93. The lowest BCUT2D eigenvalue weighted by molar-refractivity contribution is -0.125. The highest BCUT2D eigenvalue weighted by molar-refractivity contribution is 6.37. The van der Waals surface area contributed by atoms with Gasteiger partial charge in [0.15, 0.2) is 0 Å². The summed E-state index contributed by atoms with van der Waals surface area (Å²) >= 11 is 6.07. The molecule has 31 heavy (non-hydrogen) atoms. The molecule has 8 heteroatoms. The van der Waals surface area contributed by atoms with Crippen LogP contribution < -0.4 is 15.1 Å². The quantitative estimate of drug-likeness (QED) is 0.550. The van der Waals surface area contributed by atoms with Crippen molar-refractivity contribution in [2.24, 2.45) is 5.92 Å². The topological polar surface area (TPSA) is 79.0 Å². The highest BCUT2D eigenvalue weighted by Crippen LogP contribution is 2.36. The fourth-order valence-electron chi connectivity index (χ4n) is 4.21. The number of halogens is 1. The molecule has 1 saturated heterocycles. The number of amides is 3. The molecule has 0 saturated carbocycles. The summed E-state index contributed by atoms with van der Waals surface area (Å²) in [6.45, 7) is 2.14. The van der Waals surface area contributed by atoms with Crippen LogP contribution in [0.25, 0.3) is 0 Å². The molecule has 1 fully saturated rings. The van der Waals surface area contributed by atoms with E-state index in [2.05, 4.69) is 5.32 Å². The van der Waals surface area contributed by atoms with Crippen molar-refractivity contribution >= 4 is 40.7 Å². The number of hydrogen-bond donors (Lipinski definition) is 1. The zero-order valence-corrected chi connectivity index (χ0v) is 18.0. The van der Waals surface area contributed by atoms with Crippen LogP contribution >= 0.6 is 11.6 Å². The number of ether oxygens (including phenoxy) is 1. The van der Waals surface area contributed by atoms with E-state index in [9.17, 15) is 14.4 Å². The molecule has 2 aliphatic rings. The summed E-state index contributed by atoms with van der Waals surface area (Å²) in [6, 6.07) is 12.0. The molecular formula is C23H24ClN3O4. The molecule has 2 aliphatic heterocycles. The van der Waals surface area contributed by atoms with E-state index in [4.69, 9.17) is 16.3 Å². The number of methoxy groups -OCH3 is 1. The van der Waals surface area contributed by atoms with Gasteiger partial charge in [-0.3, -0.25) is 14.4 Å². The molecule has 1 atom stereocenters. The fraction of sp³-hybridized carbons (Fsp3) is 0.348. The number of nitrogens with one attached hydrogen (secondary N) is 1. The molecule has 0 aromatic heterocycles. The molecule has 4 rings (SSSR count). The van der Waals surface area contributed by atoms with E-state index in [0.717, 1.165) is 19.4 Å². The van der Waals surface area contributed by atoms with Crippen LogP contribution in [0.3, 0.4) is 0 Å². The Labute approximate surface area is 185 Å². The Kier molecular flexibility index (Phi) is 6.25. The van der Waals surface area contributed by atoms with Crippen molar-refractivity contribution in [1.82, 2.24) is 5.32 Å². The standard InChI is InChI=1S/C23H24ClN3O4/c1-31-12-10-25-21(28)15-5-4-11-26(14-15)19-9-3-8-18-20(19)23(30)27(22(18)29)17-7-2-6-16(24)13-17/h2-3,6-9,13,15H,4-5,10-12,14H2,1H3,(H,25,28). The van der Waals surface area contributed by atoms with Crippen molar-refractivity contribution in [1.29, 1.82) is 0 Å². The second-order valence-corrected chi connectivity index (χ2v) is 8.13. The maximum atomic E-state index is 13.3. The van der Waals surface area contributed by atoms with Crippen LogP contribution in [-0.4, -0.2) is 51.1 Å². The minimum Gasteiger partial charge on any atom is -0.383 e. The van der Waals surface area contributed by atoms with Crippen LogP contribution in [0.1, 0.15) is 33.6 Å². The SMILES string of the molecule is COCCNC(=O)C1CCCN(c2cccc3c2C(=O)N(c2cccc(Cl)c2)C3=O)C1. The summed E-state index contributed by atoms with van der Waals surface area (Å²) < 4.78 is 4.99. The van der Waals surface area contributed by atoms with Crippen LogP contribution in [0.5, 0.6) is 0 Å². The Hall–Kier alpha value is -2.90. The number of imide groups is 1. The first-order valence-electron chi connectivity index (χ1n) is 10.3.